The summed E-state index contributed by atoms with van der Waals surface area (Å²) in [6, 6.07) is -0.470. The molecule has 6 N–H and O–H groups in total. The average molecular weight is 344 g/mol. The molecule has 2 aliphatic carbocycles. The van der Waals surface area contributed by atoms with E-state index in [-0.39, 0.29) is 0 Å². The number of aliphatic hydroxyl groups is 3. The van der Waals surface area contributed by atoms with Crippen molar-refractivity contribution in [3.8, 4) is 11.8 Å². The van der Waals surface area contributed by atoms with Gasteiger partial charge in [0.05, 0.1) is 18.5 Å². The number of nitrogen functional groups attached to an aromatic ring is 1. The van der Waals surface area contributed by atoms with E-state index in [0.717, 1.165) is 12.8 Å². The molecule has 2 aromatic heterocycles. The van der Waals surface area contributed by atoms with Crippen LogP contribution in [0.25, 0.3) is 11.2 Å². The van der Waals surface area contributed by atoms with Gasteiger partial charge in [0.2, 0.25) is 0 Å². The Hall–Kier alpha value is -2.25. The Morgan fingerprint density at radius 2 is 2.04 bits per heavy atom. The summed E-state index contributed by atoms with van der Waals surface area (Å²) in [5, 5.41) is 31.2. The molecule has 2 aliphatic rings. The van der Waals surface area contributed by atoms with Crippen LogP contribution in [-0.4, -0.2) is 53.2 Å². The van der Waals surface area contributed by atoms with Crippen LogP contribution >= 0.6 is 0 Å². The van der Waals surface area contributed by atoms with Gasteiger partial charge in [-0.05, 0) is 19.3 Å². The summed E-state index contributed by atoms with van der Waals surface area (Å²) in [5.41, 5.74) is 3.43. The van der Waals surface area contributed by atoms with Crippen molar-refractivity contribution in [2.24, 2.45) is 17.7 Å². The van der Waals surface area contributed by atoms with Crippen molar-refractivity contribution >= 4 is 17.0 Å². The van der Waals surface area contributed by atoms with Crippen LogP contribution in [0.4, 0.5) is 5.82 Å². The third-order valence-electron chi connectivity index (χ3n) is 4.97. The van der Waals surface area contributed by atoms with Crippen molar-refractivity contribution < 1.29 is 15.3 Å². The fourth-order valence-corrected chi connectivity index (χ4v) is 3.37. The zero-order chi connectivity index (χ0) is 17.6. The molecule has 9 nitrogen and oxygen atoms in total. The Morgan fingerprint density at radius 1 is 1.24 bits per heavy atom. The number of fused-ring (bicyclic) bond motifs is 1. The first kappa shape index (κ1) is 16.2. The van der Waals surface area contributed by atoms with Gasteiger partial charge in [-0.25, -0.2) is 20.8 Å². The molecule has 0 spiro atoms. The number of aromatic nitrogens is 4. The van der Waals surface area contributed by atoms with Crippen LogP contribution in [-0.2, 0) is 0 Å². The van der Waals surface area contributed by atoms with E-state index in [1.165, 1.54) is 12.7 Å². The Bertz CT molecular complexity index is 839. The minimum atomic E-state index is -1.07. The van der Waals surface area contributed by atoms with Crippen LogP contribution in [0.5, 0.6) is 0 Å². The van der Waals surface area contributed by atoms with Crippen molar-refractivity contribution in [3.63, 3.8) is 0 Å². The van der Waals surface area contributed by atoms with Gasteiger partial charge < -0.3 is 25.3 Å². The molecule has 0 aromatic carbocycles. The zero-order valence-electron chi connectivity index (χ0n) is 13.4. The highest BCUT2D eigenvalue weighted by Crippen LogP contribution is 2.39. The van der Waals surface area contributed by atoms with Gasteiger partial charge in [-0.3, -0.25) is 0 Å². The molecule has 132 valence electrons. The van der Waals surface area contributed by atoms with Gasteiger partial charge in [-0.2, -0.15) is 0 Å². The number of hydrazine groups is 1. The van der Waals surface area contributed by atoms with Gasteiger partial charge in [0.1, 0.15) is 18.5 Å². The third-order valence-corrected chi connectivity index (χ3v) is 4.97. The molecule has 25 heavy (non-hydrogen) atoms. The van der Waals surface area contributed by atoms with Crippen molar-refractivity contribution in [3.05, 3.63) is 12.7 Å². The molecule has 0 amide bonds. The summed E-state index contributed by atoms with van der Waals surface area (Å²) in [6.45, 7) is 0. The number of hydrogen-bond acceptors (Lipinski definition) is 8. The lowest BCUT2D eigenvalue weighted by molar-refractivity contribution is -0.0138. The summed E-state index contributed by atoms with van der Waals surface area (Å²) < 4.78 is 1.69. The molecule has 5 atom stereocenters. The van der Waals surface area contributed by atoms with Gasteiger partial charge in [-0.1, -0.05) is 11.8 Å². The molecule has 2 saturated carbocycles. The van der Waals surface area contributed by atoms with Crippen molar-refractivity contribution in [1.29, 1.82) is 0 Å². The number of nitrogens with zero attached hydrogens (tertiary/aromatic N) is 4. The van der Waals surface area contributed by atoms with E-state index in [9.17, 15) is 15.3 Å². The van der Waals surface area contributed by atoms with Gasteiger partial charge in [0.15, 0.2) is 17.0 Å². The maximum atomic E-state index is 10.5. The fourth-order valence-electron chi connectivity index (χ4n) is 3.37. The molecular weight excluding hydrogens is 324 g/mol. The lowest BCUT2D eigenvalue weighted by Gasteiger charge is -2.18. The average Bonchev–Trinajstić information content (AvgIpc) is 3.29. The molecule has 9 heteroatoms. The van der Waals surface area contributed by atoms with E-state index in [1.54, 1.807) is 4.57 Å². The minimum Gasteiger partial charge on any atom is -0.390 e. The summed E-state index contributed by atoms with van der Waals surface area (Å²) in [4.78, 5) is 12.4. The van der Waals surface area contributed by atoms with Crippen LogP contribution in [0.15, 0.2) is 12.7 Å². The SMILES string of the molecule is NNc1ncnc2c1ncn2[C@@H]1C[C@H](C(O)C#CC2CC2)[C@@H](O)[C@H]1O. The number of nitrogens with two attached hydrogens (primary N) is 1. The summed E-state index contributed by atoms with van der Waals surface area (Å²) in [7, 11) is 0. The molecule has 2 aromatic rings. The number of rotatable bonds is 3. The minimum absolute atomic E-state index is 0.365. The van der Waals surface area contributed by atoms with Crippen molar-refractivity contribution in [1.82, 2.24) is 19.5 Å². The third kappa shape index (κ3) is 2.83. The van der Waals surface area contributed by atoms with Crippen LogP contribution < -0.4 is 11.3 Å². The molecule has 2 fully saturated rings. The fraction of sp³-hybridized carbons (Fsp3) is 0.562. The highest BCUT2D eigenvalue weighted by Gasteiger charge is 2.45. The second-order valence-electron chi connectivity index (χ2n) is 6.65. The van der Waals surface area contributed by atoms with Crippen LogP contribution in [0, 0.1) is 23.7 Å². The zero-order valence-corrected chi connectivity index (χ0v) is 13.4. The Balaban J connectivity index is 1.62. The van der Waals surface area contributed by atoms with E-state index in [2.05, 4.69) is 32.2 Å². The van der Waals surface area contributed by atoms with E-state index >= 15 is 0 Å². The van der Waals surface area contributed by atoms with Gasteiger partial charge in [0, 0.05) is 11.8 Å². The topological polar surface area (TPSA) is 142 Å². The van der Waals surface area contributed by atoms with E-state index in [1.807, 2.05) is 0 Å². The maximum absolute atomic E-state index is 10.5. The van der Waals surface area contributed by atoms with E-state index < -0.39 is 30.3 Å². The molecule has 0 saturated heterocycles. The van der Waals surface area contributed by atoms with Crippen molar-refractivity contribution in [2.75, 3.05) is 5.43 Å². The number of aliphatic hydroxyl groups excluding tert-OH is 3. The molecule has 0 aliphatic heterocycles. The van der Waals surface area contributed by atoms with Crippen molar-refractivity contribution in [2.45, 2.75) is 43.6 Å². The molecule has 1 unspecified atom stereocenters. The van der Waals surface area contributed by atoms with E-state index in [4.69, 9.17) is 5.84 Å². The highest BCUT2D eigenvalue weighted by atomic mass is 16.3. The molecule has 2 heterocycles. The number of nitrogens with one attached hydrogen (secondary N) is 1. The number of imidazole rings is 1. The van der Waals surface area contributed by atoms with Gasteiger partial charge >= 0.3 is 0 Å². The van der Waals surface area contributed by atoms with Crippen LogP contribution in [0.2, 0.25) is 0 Å². The second-order valence-corrected chi connectivity index (χ2v) is 6.65. The quantitative estimate of drug-likeness (QED) is 0.276. The largest absolute Gasteiger partial charge is 0.390 e. The first-order valence-electron chi connectivity index (χ1n) is 8.29. The summed E-state index contributed by atoms with van der Waals surface area (Å²) >= 11 is 0. The van der Waals surface area contributed by atoms with E-state index in [0.29, 0.717) is 29.3 Å². The number of hydrogen-bond donors (Lipinski definition) is 5. The molecule has 4 rings (SSSR count). The summed E-state index contributed by atoms with van der Waals surface area (Å²) in [6.07, 6.45) is 2.29. The molecule has 0 bridgehead atoms. The smallest absolute Gasteiger partial charge is 0.171 e. The predicted octanol–water partition coefficient (Wildman–Crippen LogP) is -0.831. The standard InChI is InChI=1S/C16H20N6O3/c17-21-15-12-16(19-6-18-15)22(7-20-12)10-5-9(13(24)14(10)25)11(23)4-3-8-1-2-8/h6-11,13-14,23-25H,1-2,5,17H2,(H,18,19,21)/t9-,10-,11?,13-,14+/m1/s1. The monoisotopic (exact) mass is 344 g/mol. The lowest BCUT2D eigenvalue weighted by Crippen LogP contribution is -2.33. The normalized spacial score (nSPS) is 30.1. The maximum Gasteiger partial charge on any atom is 0.171 e. The predicted molar refractivity (Wildman–Crippen MR) is 88.8 cm³/mol. The lowest BCUT2D eigenvalue weighted by atomic mass is 9.98. The Labute approximate surface area is 143 Å². The highest BCUT2D eigenvalue weighted by molar-refractivity contribution is 5.82. The van der Waals surface area contributed by atoms with Crippen LogP contribution in [0.1, 0.15) is 25.3 Å². The van der Waals surface area contributed by atoms with Gasteiger partial charge in [-0.15, -0.1) is 0 Å². The summed E-state index contributed by atoms with van der Waals surface area (Å²) in [5.74, 6) is 11.5. The van der Waals surface area contributed by atoms with Gasteiger partial charge in [0.25, 0.3) is 0 Å². The molecular formula is C16H20N6O3. The van der Waals surface area contributed by atoms with Crippen LogP contribution in [0.3, 0.4) is 0 Å². The molecule has 0 radical (unpaired) electrons. The first-order valence-corrected chi connectivity index (χ1v) is 8.29. The Kier molecular flexibility index (Phi) is 4.05. The first-order chi connectivity index (χ1) is 12.1. The second kappa shape index (κ2) is 6.24. The number of anilines is 1. The Morgan fingerprint density at radius 3 is 2.76 bits per heavy atom.